The second kappa shape index (κ2) is 6.58. The molecule has 5 nitrogen and oxygen atoms in total. The molecule has 0 saturated carbocycles. The maximum Gasteiger partial charge on any atom is 0.272 e. The van der Waals surface area contributed by atoms with E-state index in [1.165, 1.54) is 0 Å². The first kappa shape index (κ1) is 14.6. The van der Waals surface area contributed by atoms with Crippen molar-refractivity contribution in [3.8, 4) is 5.75 Å². The molecule has 0 aliphatic carbocycles. The van der Waals surface area contributed by atoms with Gasteiger partial charge in [-0.25, -0.2) is 0 Å². The number of rotatable bonds is 5. The zero-order chi connectivity index (χ0) is 14.5. The van der Waals surface area contributed by atoms with Gasteiger partial charge in [-0.05, 0) is 47.1 Å². The van der Waals surface area contributed by atoms with E-state index in [2.05, 4.69) is 26.2 Å². The van der Waals surface area contributed by atoms with E-state index in [0.717, 1.165) is 4.47 Å². The minimum atomic E-state index is -0.247. The first-order valence-corrected chi connectivity index (χ1v) is 6.95. The summed E-state index contributed by atoms with van der Waals surface area (Å²) >= 11 is 3.27. The summed E-state index contributed by atoms with van der Waals surface area (Å²) in [6.07, 6.45) is 1.69. The third-order valence-electron chi connectivity index (χ3n) is 2.68. The number of aromatic amines is 1. The summed E-state index contributed by atoms with van der Waals surface area (Å²) < 4.78 is 6.20. The molecule has 0 unspecified atom stereocenters. The van der Waals surface area contributed by atoms with E-state index in [4.69, 9.17) is 4.74 Å². The van der Waals surface area contributed by atoms with Crippen LogP contribution >= 0.6 is 15.9 Å². The van der Waals surface area contributed by atoms with Gasteiger partial charge in [0.1, 0.15) is 11.4 Å². The highest BCUT2D eigenvalue weighted by atomic mass is 79.9. The molecule has 1 amide bonds. The van der Waals surface area contributed by atoms with Crippen LogP contribution in [0.15, 0.2) is 34.9 Å². The second-order valence-corrected chi connectivity index (χ2v) is 5.02. The van der Waals surface area contributed by atoms with Crippen LogP contribution < -0.4 is 10.1 Å². The van der Waals surface area contributed by atoms with E-state index in [-0.39, 0.29) is 12.5 Å². The molecule has 6 heteroatoms. The van der Waals surface area contributed by atoms with Crippen LogP contribution in [0.2, 0.25) is 0 Å². The van der Waals surface area contributed by atoms with Crippen molar-refractivity contribution in [3.63, 3.8) is 0 Å². The van der Waals surface area contributed by atoms with Crippen molar-refractivity contribution in [2.24, 2.45) is 0 Å². The normalized spacial score (nSPS) is 10.3. The summed E-state index contributed by atoms with van der Waals surface area (Å²) in [5, 5.41) is 12.1. The van der Waals surface area contributed by atoms with Crippen molar-refractivity contribution in [2.75, 3.05) is 11.9 Å². The van der Waals surface area contributed by atoms with Gasteiger partial charge in [0.25, 0.3) is 5.91 Å². The summed E-state index contributed by atoms with van der Waals surface area (Å²) in [6, 6.07) is 6.85. The van der Waals surface area contributed by atoms with Gasteiger partial charge >= 0.3 is 0 Å². The lowest BCUT2D eigenvalue weighted by Crippen LogP contribution is -2.12. The molecule has 1 aromatic carbocycles. The van der Waals surface area contributed by atoms with Crippen molar-refractivity contribution >= 4 is 27.5 Å². The number of hydrogen-bond acceptors (Lipinski definition) is 3. The molecule has 3 N–H and O–H groups in total. The van der Waals surface area contributed by atoms with Crippen LogP contribution in [0.1, 0.15) is 23.0 Å². The van der Waals surface area contributed by atoms with Crippen LogP contribution in [0.3, 0.4) is 0 Å². The number of ether oxygens (including phenoxy) is 1. The van der Waals surface area contributed by atoms with Gasteiger partial charge in [-0.2, -0.15) is 0 Å². The predicted octanol–water partition coefficient (Wildman–Crippen LogP) is 2.92. The minimum Gasteiger partial charge on any atom is -0.494 e. The lowest BCUT2D eigenvalue weighted by molar-refractivity contribution is 0.102. The van der Waals surface area contributed by atoms with Gasteiger partial charge in [-0.3, -0.25) is 4.79 Å². The molecule has 0 aliphatic rings. The van der Waals surface area contributed by atoms with Gasteiger partial charge in [0, 0.05) is 21.9 Å². The molecular formula is C14H15BrN2O3. The molecule has 0 fully saturated rings. The summed E-state index contributed by atoms with van der Waals surface area (Å²) in [7, 11) is 0. The Bertz CT molecular complexity index is 610. The van der Waals surface area contributed by atoms with Crippen LogP contribution in [0.5, 0.6) is 5.75 Å². The Morgan fingerprint density at radius 2 is 2.25 bits per heavy atom. The molecule has 2 aromatic rings. The maximum absolute atomic E-state index is 12.0. The molecule has 2 rings (SSSR count). The number of carbonyl (C=O) groups is 1. The number of nitrogens with one attached hydrogen (secondary N) is 2. The third kappa shape index (κ3) is 3.40. The summed E-state index contributed by atoms with van der Waals surface area (Å²) in [4.78, 5) is 14.8. The van der Waals surface area contributed by atoms with E-state index in [0.29, 0.717) is 29.3 Å². The first-order chi connectivity index (χ1) is 9.63. The van der Waals surface area contributed by atoms with Crippen molar-refractivity contribution in [2.45, 2.75) is 13.5 Å². The maximum atomic E-state index is 12.0. The number of aliphatic hydroxyl groups is 1. The minimum absolute atomic E-state index is 0.146. The van der Waals surface area contributed by atoms with Gasteiger partial charge < -0.3 is 20.1 Å². The Morgan fingerprint density at radius 3 is 2.85 bits per heavy atom. The van der Waals surface area contributed by atoms with E-state index < -0.39 is 0 Å². The Balaban J connectivity index is 2.15. The number of halogens is 1. The second-order valence-electron chi connectivity index (χ2n) is 4.10. The van der Waals surface area contributed by atoms with Gasteiger partial charge in [-0.15, -0.1) is 0 Å². The number of aromatic nitrogens is 1. The Morgan fingerprint density at radius 1 is 1.45 bits per heavy atom. The van der Waals surface area contributed by atoms with E-state index >= 15 is 0 Å². The summed E-state index contributed by atoms with van der Waals surface area (Å²) in [6.45, 7) is 2.25. The summed E-state index contributed by atoms with van der Waals surface area (Å²) in [5.41, 5.74) is 1.70. The van der Waals surface area contributed by atoms with Gasteiger partial charge in [-0.1, -0.05) is 0 Å². The average molecular weight is 339 g/mol. The smallest absolute Gasteiger partial charge is 0.272 e. The highest BCUT2D eigenvalue weighted by Gasteiger charge is 2.10. The number of anilines is 1. The average Bonchev–Trinajstić information content (AvgIpc) is 2.87. The van der Waals surface area contributed by atoms with Crippen LogP contribution in [0.25, 0.3) is 0 Å². The number of benzene rings is 1. The first-order valence-electron chi connectivity index (χ1n) is 6.16. The molecule has 1 aromatic heterocycles. The molecule has 0 bridgehead atoms. The molecule has 106 valence electrons. The number of aliphatic hydroxyl groups excluding tert-OH is 1. The number of amides is 1. The Labute approximate surface area is 125 Å². The fraction of sp³-hybridized carbons (Fsp3) is 0.214. The van der Waals surface area contributed by atoms with Crippen molar-refractivity contribution < 1.29 is 14.6 Å². The lowest BCUT2D eigenvalue weighted by atomic mass is 10.2. The number of H-pyrrole nitrogens is 1. The molecule has 1 heterocycles. The van der Waals surface area contributed by atoms with Gasteiger partial charge in [0.15, 0.2) is 0 Å². The Hall–Kier alpha value is -1.79. The summed E-state index contributed by atoms with van der Waals surface area (Å²) in [5.74, 6) is 0.374. The van der Waals surface area contributed by atoms with Crippen molar-refractivity contribution in [1.82, 2.24) is 4.98 Å². The molecular weight excluding hydrogens is 324 g/mol. The van der Waals surface area contributed by atoms with Gasteiger partial charge in [0.05, 0.1) is 13.2 Å². The van der Waals surface area contributed by atoms with Crippen molar-refractivity contribution in [1.29, 1.82) is 0 Å². The quantitative estimate of drug-likeness (QED) is 0.784. The van der Waals surface area contributed by atoms with Gasteiger partial charge in [0.2, 0.25) is 0 Å². The topological polar surface area (TPSA) is 74.3 Å². The fourth-order valence-corrected chi connectivity index (χ4v) is 2.12. The molecule has 0 radical (unpaired) electrons. The Kier molecular flexibility index (Phi) is 4.81. The van der Waals surface area contributed by atoms with Crippen LogP contribution in [0.4, 0.5) is 5.69 Å². The molecule has 0 saturated heterocycles. The van der Waals surface area contributed by atoms with Crippen LogP contribution in [-0.4, -0.2) is 22.6 Å². The van der Waals surface area contributed by atoms with E-state index in [9.17, 15) is 9.90 Å². The monoisotopic (exact) mass is 338 g/mol. The van der Waals surface area contributed by atoms with E-state index in [1.807, 2.05) is 6.92 Å². The third-order valence-corrected chi connectivity index (χ3v) is 3.14. The lowest BCUT2D eigenvalue weighted by Gasteiger charge is -2.11. The molecule has 20 heavy (non-hydrogen) atoms. The molecule has 0 aliphatic heterocycles. The van der Waals surface area contributed by atoms with Crippen LogP contribution in [0, 0.1) is 0 Å². The molecule has 0 atom stereocenters. The van der Waals surface area contributed by atoms with E-state index in [1.54, 1.807) is 30.5 Å². The van der Waals surface area contributed by atoms with Crippen molar-refractivity contribution in [3.05, 3.63) is 46.2 Å². The molecule has 0 spiro atoms. The predicted molar refractivity (Wildman–Crippen MR) is 80.0 cm³/mol. The fourth-order valence-electron chi connectivity index (χ4n) is 1.77. The highest BCUT2D eigenvalue weighted by Crippen LogP contribution is 2.23. The number of hydrogen-bond donors (Lipinski definition) is 3. The van der Waals surface area contributed by atoms with Crippen LogP contribution in [-0.2, 0) is 6.61 Å². The highest BCUT2D eigenvalue weighted by molar-refractivity contribution is 9.10. The largest absolute Gasteiger partial charge is 0.494 e. The zero-order valence-electron chi connectivity index (χ0n) is 10.9. The standard InChI is InChI=1S/C14H15BrN2O3/c1-2-20-13-4-3-11(5-9(13)8-18)17-14(19)12-6-10(15)7-16-12/h3-7,16,18H,2,8H2,1H3,(H,17,19). The number of carbonyl (C=O) groups excluding carboxylic acids is 1. The zero-order valence-corrected chi connectivity index (χ0v) is 12.5. The SMILES string of the molecule is CCOc1ccc(NC(=O)c2cc(Br)c[nH]2)cc1CO.